The van der Waals surface area contributed by atoms with Crippen LogP contribution in [-0.2, 0) is 11.2 Å². The van der Waals surface area contributed by atoms with Gasteiger partial charge in [-0.1, -0.05) is 19.9 Å². The van der Waals surface area contributed by atoms with Crippen molar-refractivity contribution in [2.45, 2.75) is 27.2 Å². The SMILES string of the molecule is Cc1cc2cc(CCNC(=O)C(C)C)ccc2[nH]c1=O. The number of aromatic amines is 1. The zero-order valence-corrected chi connectivity index (χ0v) is 12.1. The molecule has 0 saturated heterocycles. The smallest absolute Gasteiger partial charge is 0.251 e. The Morgan fingerprint density at radius 2 is 2.05 bits per heavy atom. The number of fused-ring (bicyclic) bond motifs is 1. The zero-order valence-electron chi connectivity index (χ0n) is 12.1. The van der Waals surface area contributed by atoms with Crippen molar-refractivity contribution in [1.29, 1.82) is 0 Å². The van der Waals surface area contributed by atoms with Crippen LogP contribution in [0.5, 0.6) is 0 Å². The maximum atomic E-state index is 11.5. The minimum atomic E-state index is -0.0468. The van der Waals surface area contributed by atoms with E-state index in [-0.39, 0.29) is 17.4 Å². The van der Waals surface area contributed by atoms with Gasteiger partial charge in [0.2, 0.25) is 5.91 Å². The maximum absolute atomic E-state index is 11.5. The quantitative estimate of drug-likeness (QED) is 0.896. The minimum absolute atomic E-state index is 0.0133. The zero-order chi connectivity index (χ0) is 14.7. The number of pyridine rings is 1. The molecule has 106 valence electrons. The number of carbonyl (C=O) groups excluding carboxylic acids is 1. The van der Waals surface area contributed by atoms with E-state index in [9.17, 15) is 9.59 Å². The van der Waals surface area contributed by atoms with Crippen LogP contribution in [0.15, 0.2) is 29.1 Å². The Labute approximate surface area is 118 Å². The van der Waals surface area contributed by atoms with Gasteiger partial charge in [0.05, 0.1) is 0 Å². The summed E-state index contributed by atoms with van der Waals surface area (Å²) >= 11 is 0. The number of rotatable bonds is 4. The van der Waals surface area contributed by atoms with Gasteiger partial charge in [0.15, 0.2) is 0 Å². The summed E-state index contributed by atoms with van der Waals surface area (Å²) in [4.78, 5) is 25.9. The van der Waals surface area contributed by atoms with Crippen LogP contribution in [0.2, 0.25) is 0 Å². The molecule has 0 spiro atoms. The van der Waals surface area contributed by atoms with Crippen LogP contribution >= 0.6 is 0 Å². The summed E-state index contributed by atoms with van der Waals surface area (Å²) in [5.41, 5.74) is 2.65. The van der Waals surface area contributed by atoms with Gasteiger partial charge in [-0.25, -0.2) is 0 Å². The van der Waals surface area contributed by atoms with Gasteiger partial charge in [0, 0.05) is 23.5 Å². The highest BCUT2D eigenvalue weighted by Crippen LogP contribution is 2.13. The molecule has 20 heavy (non-hydrogen) atoms. The summed E-state index contributed by atoms with van der Waals surface area (Å²) in [5.74, 6) is 0.0882. The summed E-state index contributed by atoms with van der Waals surface area (Å²) in [6.07, 6.45) is 0.784. The van der Waals surface area contributed by atoms with Crippen LogP contribution in [-0.4, -0.2) is 17.4 Å². The third-order valence-electron chi connectivity index (χ3n) is 3.33. The van der Waals surface area contributed by atoms with Crippen molar-refractivity contribution in [3.63, 3.8) is 0 Å². The number of nitrogens with one attached hydrogen (secondary N) is 2. The predicted molar refractivity (Wildman–Crippen MR) is 80.9 cm³/mol. The lowest BCUT2D eigenvalue weighted by atomic mass is 10.1. The normalized spacial score (nSPS) is 11.0. The second kappa shape index (κ2) is 5.90. The Kier molecular flexibility index (Phi) is 4.23. The van der Waals surface area contributed by atoms with Crippen molar-refractivity contribution < 1.29 is 4.79 Å². The first-order valence-corrected chi connectivity index (χ1v) is 6.87. The molecule has 0 aliphatic heterocycles. The first-order chi connectivity index (χ1) is 9.47. The van der Waals surface area contributed by atoms with Gasteiger partial charge in [-0.15, -0.1) is 0 Å². The number of hydrogen-bond acceptors (Lipinski definition) is 2. The Bertz CT molecular complexity index is 686. The molecule has 0 aliphatic rings. The van der Waals surface area contributed by atoms with E-state index in [1.54, 1.807) is 6.92 Å². The van der Waals surface area contributed by atoms with E-state index < -0.39 is 0 Å². The largest absolute Gasteiger partial charge is 0.356 e. The molecule has 0 aliphatic carbocycles. The van der Waals surface area contributed by atoms with Crippen LogP contribution in [0.1, 0.15) is 25.0 Å². The van der Waals surface area contributed by atoms with E-state index in [1.807, 2.05) is 32.0 Å². The lowest BCUT2D eigenvalue weighted by molar-refractivity contribution is -0.123. The summed E-state index contributed by atoms with van der Waals surface area (Å²) in [5, 5.41) is 3.93. The first kappa shape index (κ1) is 14.3. The van der Waals surface area contributed by atoms with Crippen LogP contribution in [0.3, 0.4) is 0 Å². The first-order valence-electron chi connectivity index (χ1n) is 6.87. The Morgan fingerprint density at radius 1 is 1.30 bits per heavy atom. The van der Waals surface area contributed by atoms with E-state index >= 15 is 0 Å². The molecule has 0 atom stereocenters. The molecule has 1 aromatic heterocycles. The predicted octanol–water partition coefficient (Wildman–Crippen LogP) is 2.15. The molecular formula is C16H20N2O2. The van der Waals surface area contributed by atoms with Gasteiger partial charge >= 0.3 is 0 Å². The topological polar surface area (TPSA) is 62.0 Å². The Morgan fingerprint density at radius 3 is 2.75 bits per heavy atom. The van der Waals surface area contributed by atoms with Crippen LogP contribution in [0.4, 0.5) is 0 Å². The van der Waals surface area contributed by atoms with Crippen molar-refractivity contribution in [3.8, 4) is 0 Å². The molecule has 1 heterocycles. The number of H-pyrrole nitrogens is 1. The molecule has 2 rings (SSSR count). The Balaban J connectivity index is 2.10. The highest BCUT2D eigenvalue weighted by molar-refractivity contribution is 5.80. The second-order valence-electron chi connectivity index (χ2n) is 5.40. The van der Waals surface area contributed by atoms with Crippen molar-refractivity contribution in [3.05, 3.63) is 45.7 Å². The van der Waals surface area contributed by atoms with Crippen LogP contribution in [0, 0.1) is 12.8 Å². The number of aryl methyl sites for hydroxylation is 1. The van der Waals surface area contributed by atoms with E-state index in [2.05, 4.69) is 16.4 Å². The summed E-state index contributed by atoms with van der Waals surface area (Å²) in [7, 11) is 0. The van der Waals surface area contributed by atoms with Gasteiger partial charge in [0.25, 0.3) is 5.56 Å². The maximum Gasteiger partial charge on any atom is 0.251 e. The lowest BCUT2D eigenvalue weighted by Crippen LogP contribution is -2.29. The number of amides is 1. The standard InChI is InChI=1S/C16H20N2O2/c1-10(2)15(19)17-7-6-12-4-5-14-13(9-12)8-11(3)16(20)18-14/h4-5,8-10H,6-7H2,1-3H3,(H,17,19)(H,18,20). The molecule has 1 amide bonds. The fourth-order valence-electron chi connectivity index (χ4n) is 2.05. The molecule has 0 radical (unpaired) electrons. The summed E-state index contributed by atoms with van der Waals surface area (Å²) < 4.78 is 0. The van der Waals surface area contributed by atoms with Crippen molar-refractivity contribution in [1.82, 2.24) is 10.3 Å². The molecule has 4 nitrogen and oxygen atoms in total. The molecule has 0 fully saturated rings. The fourth-order valence-corrected chi connectivity index (χ4v) is 2.05. The van der Waals surface area contributed by atoms with Crippen LogP contribution < -0.4 is 10.9 Å². The van der Waals surface area contributed by atoms with Gasteiger partial charge in [-0.05, 0) is 42.5 Å². The van der Waals surface area contributed by atoms with Gasteiger partial charge < -0.3 is 10.3 Å². The molecule has 0 unspecified atom stereocenters. The molecule has 1 aromatic carbocycles. The molecular weight excluding hydrogens is 252 g/mol. The summed E-state index contributed by atoms with van der Waals surface area (Å²) in [6.45, 7) is 6.19. The van der Waals surface area contributed by atoms with Crippen molar-refractivity contribution >= 4 is 16.8 Å². The summed E-state index contributed by atoms with van der Waals surface area (Å²) in [6, 6.07) is 7.84. The molecule has 2 N–H and O–H groups in total. The van der Waals surface area contributed by atoms with Gasteiger partial charge in [-0.2, -0.15) is 0 Å². The second-order valence-corrected chi connectivity index (χ2v) is 5.40. The number of carbonyl (C=O) groups is 1. The third kappa shape index (κ3) is 3.26. The lowest BCUT2D eigenvalue weighted by Gasteiger charge is -2.08. The van der Waals surface area contributed by atoms with E-state index in [1.165, 1.54) is 0 Å². The van der Waals surface area contributed by atoms with E-state index in [4.69, 9.17) is 0 Å². The fraction of sp³-hybridized carbons (Fsp3) is 0.375. The van der Waals surface area contributed by atoms with E-state index in [0.717, 1.165) is 22.9 Å². The minimum Gasteiger partial charge on any atom is -0.356 e. The highest BCUT2D eigenvalue weighted by Gasteiger charge is 2.05. The molecule has 0 saturated carbocycles. The average molecular weight is 272 g/mol. The number of benzene rings is 1. The Hall–Kier alpha value is -2.10. The molecule has 0 bridgehead atoms. The monoisotopic (exact) mass is 272 g/mol. The van der Waals surface area contributed by atoms with Gasteiger partial charge in [0.1, 0.15) is 0 Å². The van der Waals surface area contributed by atoms with Crippen LogP contribution in [0.25, 0.3) is 10.9 Å². The van der Waals surface area contributed by atoms with Crippen molar-refractivity contribution in [2.75, 3.05) is 6.54 Å². The van der Waals surface area contributed by atoms with Gasteiger partial charge in [-0.3, -0.25) is 9.59 Å². The highest BCUT2D eigenvalue weighted by atomic mass is 16.1. The molecule has 4 heteroatoms. The average Bonchev–Trinajstić information content (AvgIpc) is 2.40. The van der Waals surface area contributed by atoms with Crippen molar-refractivity contribution in [2.24, 2.45) is 5.92 Å². The number of hydrogen-bond donors (Lipinski definition) is 2. The molecule has 2 aromatic rings. The van der Waals surface area contributed by atoms with E-state index in [0.29, 0.717) is 12.1 Å². The number of aromatic nitrogens is 1. The third-order valence-corrected chi connectivity index (χ3v) is 3.33.